The normalized spacial score (nSPS) is 12.5. The molecule has 1 atom stereocenters. The van der Waals surface area contributed by atoms with Crippen molar-refractivity contribution in [3.63, 3.8) is 0 Å². The molecule has 0 aromatic heterocycles. The molecule has 72 valence electrons. The summed E-state index contributed by atoms with van der Waals surface area (Å²) >= 11 is 0. The Morgan fingerprint density at radius 1 is 1.54 bits per heavy atom. The number of phenols is 1. The molecule has 1 unspecified atom stereocenters. The van der Waals surface area contributed by atoms with E-state index in [-0.39, 0.29) is 11.7 Å². The molecule has 1 aromatic carbocycles. The highest BCUT2D eigenvalue weighted by Crippen LogP contribution is 2.33. The molecule has 0 heterocycles. The van der Waals surface area contributed by atoms with Gasteiger partial charge in [-0.2, -0.15) is 0 Å². The molecular formula is C10H15NO2. The van der Waals surface area contributed by atoms with E-state index in [2.05, 4.69) is 0 Å². The monoisotopic (exact) mass is 181 g/mol. The van der Waals surface area contributed by atoms with Gasteiger partial charge in [-0.3, -0.25) is 0 Å². The van der Waals surface area contributed by atoms with Crippen LogP contribution >= 0.6 is 0 Å². The Balaban J connectivity index is 3.14. The van der Waals surface area contributed by atoms with E-state index in [9.17, 15) is 5.11 Å². The third-order valence-corrected chi connectivity index (χ3v) is 2.11. The summed E-state index contributed by atoms with van der Waals surface area (Å²) < 4.78 is 5.13. The van der Waals surface area contributed by atoms with Crippen molar-refractivity contribution in [2.75, 3.05) is 13.7 Å². The number of methoxy groups -OCH3 is 1. The number of nitrogens with two attached hydrogens (primary N) is 1. The molecule has 3 heteroatoms. The summed E-state index contributed by atoms with van der Waals surface area (Å²) in [7, 11) is 1.58. The van der Waals surface area contributed by atoms with Gasteiger partial charge in [-0.05, 0) is 18.7 Å². The van der Waals surface area contributed by atoms with Crippen molar-refractivity contribution in [3.8, 4) is 11.5 Å². The topological polar surface area (TPSA) is 55.5 Å². The second kappa shape index (κ2) is 4.14. The first-order valence-electron chi connectivity index (χ1n) is 4.26. The minimum Gasteiger partial charge on any atom is -0.508 e. The zero-order valence-electron chi connectivity index (χ0n) is 7.95. The summed E-state index contributed by atoms with van der Waals surface area (Å²) in [4.78, 5) is 0. The van der Waals surface area contributed by atoms with Crippen LogP contribution in [0.15, 0.2) is 18.2 Å². The Morgan fingerprint density at radius 2 is 2.23 bits per heavy atom. The predicted molar refractivity (Wildman–Crippen MR) is 52.1 cm³/mol. The maximum atomic E-state index is 9.59. The molecule has 13 heavy (non-hydrogen) atoms. The van der Waals surface area contributed by atoms with Crippen molar-refractivity contribution >= 4 is 0 Å². The lowest BCUT2D eigenvalue weighted by molar-refractivity contribution is 0.395. The van der Waals surface area contributed by atoms with Crippen LogP contribution in [0, 0.1) is 0 Å². The van der Waals surface area contributed by atoms with Crippen molar-refractivity contribution in [2.45, 2.75) is 12.8 Å². The molecule has 3 nitrogen and oxygen atoms in total. The van der Waals surface area contributed by atoms with E-state index in [1.807, 2.05) is 13.0 Å². The Labute approximate surface area is 78.1 Å². The fourth-order valence-electron chi connectivity index (χ4n) is 1.32. The highest BCUT2D eigenvalue weighted by Gasteiger charge is 2.13. The van der Waals surface area contributed by atoms with Crippen molar-refractivity contribution in [1.29, 1.82) is 0 Å². The maximum Gasteiger partial charge on any atom is 0.126 e. The number of phenolic OH excluding ortho intramolecular Hbond substituents is 1. The van der Waals surface area contributed by atoms with Crippen LogP contribution in [0.4, 0.5) is 0 Å². The van der Waals surface area contributed by atoms with Crippen LogP contribution in [0.1, 0.15) is 18.4 Å². The quantitative estimate of drug-likeness (QED) is 0.742. The molecule has 0 radical (unpaired) electrons. The second-order valence-corrected chi connectivity index (χ2v) is 3.03. The highest BCUT2D eigenvalue weighted by molar-refractivity contribution is 5.46. The van der Waals surface area contributed by atoms with Crippen molar-refractivity contribution < 1.29 is 9.84 Å². The van der Waals surface area contributed by atoms with Crippen LogP contribution in [0.3, 0.4) is 0 Å². The van der Waals surface area contributed by atoms with E-state index >= 15 is 0 Å². The summed E-state index contributed by atoms with van der Waals surface area (Å²) in [5.74, 6) is 1.05. The van der Waals surface area contributed by atoms with Crippen molar-refractivity contribution in [1.82, 2.24) is 0 Å². The summed E-state index contributed by atoms with van der Waals surface area (Å²) in [6, 6.07) is 5.21. The Kier molecular flexibility index (Phi) is 3.14. The molecular weight excluding hydrogens is 166 g/mol. The van der Waals surface area contributed by atoms with Crippen molar-refractivity contribution in [3.05, 3.63) is 23.8 Å². The van der Waals surface area contributed by atoms with Gasteiger partial charge in [-0.25, -0.2) is 0 Å². The Bertz CT molecular complexity index is 286. The lowest BCUT2D eigenvalue weighted by Crippen LogP contribution is -2.10. The third-order valence-electron chi connectivity index (χ3n) is 2.11. The summed E-state index contributed by atoms with van der Waals surface area (Å²) in [5, 5.41) is 9.59. The fraction of sp³-hybridized carbons (Fsp3) is 0.400. The molecule has 0 fully saturated rings. The van der Waals surface area contributed by atoms with Gasteiger partial charge in [0.05, 0.1) is 7.11 Å². The average molecular weight is 181 g/mol. The highest BCUT2D eigenvalue weighted by atomic mass is 16.5. The smallest absolute Gasteiger partial charge is 0.126 e. The van der Waals surface area contributed by atoms with Gasteiger partial charge in [0.25, 0.3) is 0 Å². The minimum atomic E-state index is 0.108. The van der Waals surface area contributed by atoms with E-state index in [1.165, 1.54) is 0 Å². The zero-order chi connectivity index (χ0) is 9.84. The first-order chi connectivity index (χ1) is 6.20. The van der Waals surface area contributed by atoms with Gasteiger partial charge in [0.1, 0.15) is 11.5 Å². The molecule has 0 aliphatic rings. The number of benzene rings is 1. The fourth-order valence-corrected chi connectivity index (χ4v) is 1.32. The van der Waals surface area contributed by atoms with Crippen LogP contribution in [-0.4, -0.2) is 18.8 Å². The third kappa shape index (κ3) is 1.92. The summed E-state index contributed by atoms with van der Waals surface area (Å²) in [6.07, 6.45) is 0. The molecule has 0 aliphatic carbocycles. The first-order valence-corrected chi connectivity index (χ1v) is 4.26. The van der Waals surface area contributed by atoms with E-state index < -0.39 is 0 Å². The van der Waals surface area contributed by atoms with Crippen LogP contribution in [0.2, 0.25) is 0 Å². The first kappa shape index (κ1) is 9.86. The van der Waals surface area contributed by atoms with E-state index in [1.54, 1.807) is 19.2 Å². The van der Waals surface area contributed by atoms with Crippen LogP contribution in [-0.2, 0) is 0 Å². The molecule has 3 N–H and O–H groups in total. The number of ether oxygens (including phenoxy) is 1. The molecule has 0 spiro atoms. The molecule has 0 bridgehead atoms. The average Bonchev–Trinajstić information content (AvgIpc) is 2.16. The molecule has 0 aliphatic heterocycles. The van der Waals surface area contributed by atoms with Gasteiger partial charge >= 0.3 is 0 Å². The molecule has 0 amide bonds. The molecule has 0 saturated carbocycles. The van der Waals surface area contributed by atoms with Gasteiger partial charge in [0.2, 0.25) is 0 Å². The van der Waals surface area contributed by atoms with Gasteiger partial charge in [-0.1, -0.05) is 13.0 Å². The second-order valence-electron chi connectivity index (χ2n) is 3.03. The number of rotatable bonds is 3. The Morgan fingerprint density at radius 3 is 2.77 bits per heavy atom. The van der Waals surface area contributed by atoms with E-state index in [0.29, 0.717) is 12.3 Å². The standard InChI is InChI=1S/C10H15NO2/c1-7(6-11)10-8(12)4-3-5-9(10)13-2/h3-5,7,12H,6,11H2,1-2H3. The largest absolute Gasteiger partial charge is 0.508 e. The minimum absolute atomic E-state index is 0.108. The lowest BCUT2D eigenvalue weighted by atomic mass is 9.99. The molecule has 0 saturated heterocycles. The molecule has 1 aromatic rings. The summed E-state index contributed by atoms with van der Waals surface area (Å²) in [5.41, 5.74) is 6.31. The van der Waals surface area contributed by atoms with E-state index in [4.69, 9.17) is 10.5 Å². The number of aromatic hydroxyl groups is 1. The maximum absolute atomic E-state index is 9.59. The van der Waals surface area contributed by atoms with E-state index in [0.717, 1.165) is 5.56 Å². The van der Waals surface area contributed by atoms with Crippen LogP contribution in [0.25, 0.3) is 0 Å². The van der Waals surface area contributed by atoms with Crippen LogP contribution in [0.5, 0.6) is 11.5 Å². The number of hydrogen-bond acceptors (Lipinski definition) is 3. The van der Waals surface area contributed by atoms with Gasteiger partial charge < -0.3 is 15.6 Å². The van der Waals surface area contributed by atoms with Gasteiger partial charge in [-0.15, -0.1) is 0 Å². The van der Waals surface area contributed by atoms with Crippen molar-refractivity contribution in [2.24, 2.45) is 5.73 Å². The number of hydrogen-bond donors (Lipinski definition) is 2. The van der Waals surface area contributed by atoms with Gasteiger partial charge in [0, 0.05) is 11.5 Å². The lowest BCUT2D eigenvalue weighted by Gasteiger charge is -2.14. The SMILES string of the molecule is COc1cccc(O)c1C(C)CN. The Hall–Kier alpha value is -1.22. The zero-order valence-corrected chi connectivity index (χ0v) is 7.95. The summed E-state index contributed by atoms with van der Waals surface area (Å²) in [6.45, 7) is 2.45. The van der Waals surface area contributed by atoms with Crippen LogP contribution < -0.4 is 10.5 Å². The molecule has 1 rings (SSSR count). The predicted octanol–water partition coefficient (Wildman–Crippen LogP) is 1.46. The van der Waals surface area contributed by atoms with Gasteiger partial charge in [0.15, 0.2) is 0 Å².